The van der Waals surface area contributed by atoms with Crippen molar-refractivity contribution < 1.29 is 15.0 Å². The topological polar surface area (TPSA) is 76.9 Å². The zero-order valence-corrected chi connectivity index (χ0v) is 9.41. The molecule has 6 nitrogen and oxygen atoms in total. The number of pyridine rings is 1. The summed E-state index contributed by atoms with van der Waals surface area (Å²) in [7, 11) is 0. The predicted molar refractivity (Wildman–Crippen MR) is 62.0 cm³/mol. The molecule has 0 radical (unpaired) electrons. The van der Waals surface area contributed by atoms with E-state index in [9.17, 15) is 4.79 Å². The fraction of sp³-hybridized carbons (Fsp3) is 0.455. The van der Waals surface area contributed by atoms with Crippen LogP contribution in [0.4, 0.5) is 10.6 Å². The SMILES string of the molecule is O=C(O)N1CCN(c2ccc(CO)cn2)CC1. The summed E-state index contributed by atoms with van der Waals surface area (Å²) in [4.78, 5) is 18.4. The number of aromatic nitrogens is 1. The molecule has 0 aromatic carbocycles. The van der Waals surface area contributed by atoms with Gasteiger partial charge in [0.1, 0.15) is 5.82 Å². The van der Waals surface area contributed by atoms with Crippen molar-refractivity contribution in [3.8, 4) is 0 Å². The van der Waals surface area contributed by atoms with E-state index in [1.807, 2.05) is 17.0 Å². The number of piperazine rings is 1. The summed E-state index contributed by atoms with van der Waals surface area (Å²) in [5.41, 5.74) is 0.776. The van der Waals surface area contributed by atoms with E-state index in [4.69, 9.17) is 10.2 Å². The first-order valence-corrected chi connectivity index (χ1v) is 5.49. The van der Waals surface area contributed by atoms with Crippen molar-refractivity contribution in [3.05, 3.63) is 23.9 Å². The molecule has 2 N–H and O–H groups in total. The molecule has 0 aliphatic carbocycles. The third-order valence-corrected chi connectivity index (χ3v) is 2.87. The molecule has 1 aromatic rings. The van der Waals surface area contributed by atoms with Crippen molar-refractivity contribution in [2.45, 2.75) is 6.61 Å². The Labute approximate surface area is 99.1 Å². The van der Waals surface area contributed by atoms with E-state index < -0.39 is 6.09 Å². The van der Waals surface area contributed by atoms with Crippen molar-refractivity contribution in [2.24, 2.45) is 0 Å². The van der Waals surface area contributed by atoms with Gasteiger partial charge in [-0.15, -0.1) is 0 Å². The molecule has 0 bridgehead atoms. The minimum absolute atomic E-state index is 0.0138. The highest BCUT2D eigenvalue weighted by Crippen LogP contribution is 2.14. The van der Waals surface area contributed by atoms with Crippen LogP contribution < -0.4 is 4.90 Å². The molecule has 6 heteroatoms. The van der Waals surface area contributed by atoms with E-state index in [1.165, 1.54) is 4.90 Å². The van der Waals surface area contributed by atoms with Gasteiger partial charge in [0, 0.05) is 32.4 Å². The first-order valence-electron chi connectivity index (χ1n) is 5.49. The highest BCUT2D eigenvalue weighted by atomic mass is 16.4. The molecule has 17 heavy (non-hydrogen) atoms. The van der Waals surface area contributed by atoms with Gasteiger partial charge in [-0.05, 0) is 11.6 Å². The predicted octanol–water partition coefficient (Wildman–Crippen LogP) is 0.374. The van der Waals surface area contributed by atoms with E-state index in [2.05, 4.69) is 4.98 Å². The van der Waals surface area contributed by atoms with Crippen molar-refractivity contribution in [3.63, 3.8) is 0 Å². The molecule has 1 aromatic heterocycles. The molecule has 0 saturated carbocycles. The number of amides is 1. The molecule has 0 atom stereocenters. The first kappa shape index (κ1) is 11.7. The summed E-state index contributed by atoms with van der Waals surface area (Å²) in [5.74, 6) is 0.826. The first-order chi connectivity index (χ1) is 8.20. The smallest absolute Gasteiger partial charge is 0.407 e. The second-order valence-corrected chi connectivity index (χ2v) is 3.94. The van der Waals surface area contributed by atoms with Crippen LogP contribution in [0.15, 0.2) is 18.3 Å². The molecule has 1 amide bonds. The van der Waals surface area contributed by atoms with Crippen molar-refractivity contribution >= 4 is 11.9 Å². The Morgan fingerprint density at radius 3 is 2.47 bits per heavy atom. The molecule has 2 rings (SSSR count). The fourth-order valence-electron chi connectivity index (χ4n) is 1.82. The maximum atomic E-state index is 10.7. The lowest BCUT2D eigenvalue weighted by Crippen LogP contribution is -2.48. The molecule has 1 saturated heterocycles. The van der Waals surface area contributed by atoms with E-state index >= 15 is 0 Å². The largest absolute Gasteiger partial charge is 0.465 e. The quantitative estimate of drug-likeness (QED) is 0.777. The normalized spacial score (nSPS) is 16.1. The van der Waals surface area contributed by atoms with Crippen LogP contribution in [-0.4, -0.2) is 52.4 Å². The van der Waals surface area contributed by atoms with Crippen LogP contribution >= 0.6 is 0 Å². The minimum Gasteiger partial charge on any atom is -0.465 e. The zero-order chi connectivity index (χ0) is 12.3. The molecule has 1 fully saturated rings. The number of aliphatic hydroxyl groups is 1. The van der Waals surface area contributed by atoms with E-state index in [1.54, 1.807) is 6.20 Å². The van der Waals surface area contributed by atoms with E-state index in [-0.39, 0.29) is 6.61 Å². The van der Waals surface area contributed by atoms with E-state index in [0.29, 0.717) is 26.2 Å². The summed E-state index contributed by atoms with van der Waals surface area (Å²) in [5, 5.41) is 17.7. The molecular weight excluding hydrogens is 222 g/mol. The molecular formula is C11H15N3O3. The molecule has 0 unspecified atom stereocenters. The monoisotopic (exact) mass is 237 g/mol. The van der Waals surface area contributed by atoms with Gasteiger partial charge in [0.2, 0.25) is 0 Å². The zero-order valence-electron chi connectivity index (χ0n) is 9.41. The van der Waals surface area contributed by atoms with Gasteiger partial charge in [-0.3, -0.25) is 0 Å². The Balaban J connectivity index is 1.97. The third-order valence-electron chi connectivity index (χ3n) is 2.87. The number of carbonyl (C=O) groups is 1. The molecule has 1 aliphatic rings. The van der Waals surface area contributed by atoms with Crippen LogP contribution in [0.5, 0.6) is 0 Å². The number of hydrogen-bond donors (Lipinski definition) is 2. The minimum atomic E-state index is -0.867. The van der Waals surface area contributed by atoms with Crippen LogP contribution in [0.1, 0.15) is 5.56 Å². The lowest BCUT2D eigenvalue weighted by atomic mass is 10.2. The summed E-state index contributed by atoms with van der Waals surface area (Å²) in [6.45, 7) is 2.28. The molecule has 0 spiro atoms. The number of aliphatic hydroxyl groups excluding tert-OH is 1. The van der Waals surface area contributed by atoms with Gasteiger partial charge in [0.05, 0.1) is 6.61 Å². The highest BCUT2D eigenvalue weighted by Gasteiger charge is 2.20. The highest BCUT2D eigenvalue weighted by molar-refractivity contribution is 5.65. The third kappa shape index (κ3) is 2.65. The lowest BCUT2D eigenvalue weighted by molar-refractivity contribution is 0.142. The number of carboxylic acid groups (broad SMARTS) is 1. The Bertz CT molecular complexity index is 385. The standard InChI is InChI=1S/C11H15N3O3/c15-8-9-1-2-10(12-7-9)13-3-5-14(6-4-13)11(16)17/h1-2,7,15H,3-6,8H2,(H,16,17). The van der Waals surface area contributed by atoms with Gasteiger partial charge >= 0.3 is 6.09 Å². The van der Waals surface area contributed by atoms with E-state index in [0.717, 1.165) is 11.4 Å². The summed E-state index contributed by atoms with van der Waals surface area (Å²) in [6, 6.07) is 3.67. The number of anilines is 1. The fourth-order valence-corrected chi connectivity index (χ4v) is 1.82. The van der Waals surface area contributed by atoms with Gasteiger partial charge in [-0.25, -0.2) is 9.78 Å². The van der Waals surface area contributed by atoms with Crippen LogP contribution in [0, 0.1) is 0 Å². The van der Waals surface area contributed by atoms with Crippen molar-refractivity contribution in [1.29, 1.82) is 0 Å². The Morgan fingerprint density at radius 1 is 1.29 bits per heavy atom. The number of hydrogen-bond acceptors (Lipinski definition) is 4. The summed E-state index contributed by atoms with van der Waals surface area (Å²) >= 11 is 0. The van der Waals surface area contributed by atoms with Crippen molar-refractivity contribution in [1.82, 2.24) is 9.88 Å². The Hall–Kier alpha value is -1.82. The average Bonchev–Trinajstić information content (AvgIpc) is 2.39. The second-order valence-electron chi connectivity index (χ2n) is 3.94. The van der Waals surface area contributed by atoms with Crippen molar-refractivity contribution in [2.75, 3.05) is 31.1 Å². The lowest BCUT2D eigenvalue weighted by Gasteiger charge is -2.33. The molecule has 2 heterocycles. The molecule has 92 valence electrons. The van der Waals surface area contributed by atoms with Gasteiger partial charge in [-0.1, -0.05) is 6.07 Å². The Morgan fingerprint density at radius 2 is 2.00 bits per heavy atom. The van der Waals surface area contributed by atoms with Crippen LogP contribution in [0.25, 0.3) is 0 Å². The average molecular weight is 237 g/mol. The number of rotatable bonds is 2. The van der Waals surface area contributed by atoms with Gasteiger partial charge < -0.3 is 20.0 Å². The van der Waals surface area contributed by atoms with Crippen LogP contribution in [-0.2, 0) is 6.61 Å². The summed E-state index contributed by atoms with van der Waals surface area (Å²) in [6.07, 6.45) is 0.770. The molecule has 1 aliphatic heterocycles. The maximum Gasteiger partial charge on any atom is 0.407 e. The van der Waals surface area contributed by atoms with Gasteiger partial charge in [0.25, 0.3) is 0 Å². The maximum absolute atomic E-state index is 10.7. The Kier molecular flexibility index (Phi) is 3.43. The van der Waals surface area contributed by atoms with Gasteiger partial charge in [-0.2, -0.15) is 0 Å². The van der Waals surface area contributed by atoms with Gasteiger partial charge in [0.15, 0.2) is 0 Å². The second kappa shape index (κ2) is 5.01. The summed E-state index contributed by atoms with van der Waals surface area (Å²) < 4.78 is 0. The number of nitrogens with zero attached hydrogens (tertiary/aromatic N) is 3. The van der Waals surface area contributed by atoms with Crippen LogP contribution in [0.3, 0.4) is 0 Å². The van der Waals surface area contributed by atoms with Crippen LogP contribution in [0.2, 0.25) is 0 Å².